The van der Waals surface area contributed by atoms with Gasteiger partial charge in [-0.15, -0.1) is 0 Å². The highest BCUT2D eigenvalue weighted by atomic mass is 32.1. The molecule has 0 spiro atoms. The topological polar surface area (TPSA) is 474 Å². The average molecular weight is 1090 g/mol. The van der Waals surface area contributed by atoms with Crippen LogP contribution < -0.4 is 54.0 Å². The van der Waals surface area contributed by atoms with Crippen LogP contribution in [-0.2, 0) is 64.0 Å². The van der Waals surface area contributed by atoms with Crippen LogP contribution in [0.15, 0.2) is 24.3 Å². The van der Waals surface area contributed by atoms with E-state index in [0.717, 1.165) is 6.92 Å². The first-order chi connectivity index (χ1) is 34.7. The number of phenols is 1. The third-order valence-corrected chi connectivity index (χ3v) is 11.8. The third kappa shape index (κ3) is 23.4. The summed E-state index contributed by atoms with van der Waals surface area (Å²) >= 11 is 8.18. The Hall–Kier alpha value is -6.76. The van der Waals surface area contributed by atoms with Gasteiger partial charge in [-0.25, -0.2) is 4.79 Å². The maximum absolute atomic E-state index is 13.8. The lowest BCUT2D eigenvalue weighted by Crippen LogP contribution is -2.63. The van der Waals surface area contributed by atoms with Gasteiger partial charge in [0.15, 0.2) is 0 Å². The highest BCUT2D eigenvalue weighted by molar-refractivity contribution is 7.80. The van der Waals surface area contributed by atoms with Crippen LogP contribution in [0.4, 0.5) is 0 Å². The second-order valence-corrected chi connectivity index (χ2v) is 17.8. The molecule has 8 amide bonds. The Morgan fingerprint density at radius 3 is 1.43 bits per heavy atom. The van der Waals surface area contributed by atoms with E-state index >= 15 is 0 Å². The van der Waals surface area contributed by atoms with Crippen LogP contribution in [0.3, 0.4) is 0 Å². The molecule has 1 aromatic carbocycles. The number of phenolic OH excluding ortho intramolecular Hbond substituents is 1. The Labute approximate surface area is 435 Å². The van der Waals surface area contributed by atoms with Crippen molar-refractivity contribution in [1.29, 1.82) is 0 Å². The number of carboxylic acids is 4. The number of aliphatic hydroxyl groups excluding tert-OH is 1. The molecule has 0 aliphatic rings. The summed E-state index contributed by atoms with van der Waals surface area (Å²) < 4.78 is 0. The Morgan fingerprint density at radius 2 is 0.959 bits per heavy atom. The second kappa shape index (κ2) is 33.1. The fraction of sp³-hybridized carbons (Fsp3) is 0.591. The minimum absolute atomic E-state index is 0.132. The maximum atomic E-state index is 13.8. The molecule has 1 aromatic rings. The van der Waals surface area contributed by atoms with Crippen LogP contribution in [0.2, 0.25) is 0 Å². The van der Waals surface area contributed by atoms with E-state index in [1.165, 1.54) is 31.2 Å². The first-order valence-corrected chi connectivity index (χ1v) is 24.4. The molecule has 0 aliphatic heterocycles. The molecular formula is C44H68N10O18S2. The van der Waals surface area contributed by atoms with Crippen molar-refractivity contribution in [3.63, 3.8) is 0 Å². The second-order valence-electron chi connectivity index (χ2n) is 17.1. The van der Waals surface area contributed by atoms with Crippen molar-refractivity contribution in [1.82, 2.24) is 42.5 Å². The van der Waals surface area contributed by atoms with Gasteiger partial charge < -0.3 is 84.6 Å². The summed E-state index contributed by atoms with van der Waals surface area (Å²) in [5.41, 5.74) is 11.7. The lowest BCUT2D eigenvalue weighted by Gasteiger charge is -2.29. The Kier molecular flexibility index (Phi) is 29.2. The number of rotatable bonds is 35. The molecule has 1 rings (SSSR count). The number of hydrogen-bond acceptors (Lipinski definition) is 18. The fourth-order valence-corrected chi connectivity index (χ4v) is 7.15. The number of carbonyl (C=O) groups is 12. The predicted molar refractivity (Wildman–Crippen MR) is 266 cm³/mol. The van der Waals surface area contributed by atoms with Crippen molar-refractivity contribution < 1.29 is 88.2 Å². The highest BCUT2D eigenvalue weighted by Crippen LogP contribution is 2.14. The van der Waals surface area contributed by atoms with E-state index in [9.17, 15) is 88.2 Å². The summed E-state index contributed by atoms with van der Waals surface area (Å²) in [5.74, 6) is -17.0. The average Bonchev–Trinajstić information content (AvgIpc) is 3.33. The number of nitrogens with one attached hydrogen (secondary N) is 8. The van der Waals surface area contributed by atoms with Crippen molar-refractivity contribution in [3.05, 3.63) is 29.8 Å². The predicted octanol–water partition coefficient (Wildman–Crippen LogP) is -4.55. The number of benzene rings is 1. The molecule has 30 heteroatoms. The number of unbranched alkanes of at least 4 members (excludes halogenated alkanes) is 1. The molecule has 11 atom stereocenters. The number of carboxylic acid groups (broad SMARTS) is 4. The van der Waals surface area contributed by atoms with Crippen LogP contribution in [0, 0.1) is 5.92 Å². The molecule has 0 unspecified atom stereocenters. The Bertz CT molecular complexity index is 2140. The standard InChI is InChI=1S/C44H68N10O18S2/c1-4-20(2)34(53-39(66)27(17-33(61)62)48-40(67)29(18-73)51-36(63)24(46)7-5-6-14-45)42(69)52-30(19-74)41(68)54-35(21(3)55)43(70)49-26(16-32(59)60)38(65)47-25(12-13-31(57)58)37(64)50-28(44(71)72)15-22-8-10-23(56)11-9-22/h8-11,20-21,24-30,34-35,55-56,73-74H,4-7,12-19,45-46H2,1-3H3,(H,47,65)(H,48,67)(H,49,70)(H,50,64)(H,51,63)(H,52,69)(H,53,66)(H,54,68)(H,57,58)(H,59,60)(H,61,62)(H,71,72)/t20-,21+,24-,25-,26-,27-,28-,29-,30-,34-,35-/m0/s1. The van der Waals surface area contributed by atoms with E-state index in [-0.39, 0.29) is 30.8 Å². The van der Waals surface area contributed by atoms with E-state index in [0.29, 0.717) is 24.9 Å². The molecule has 0 aliphatic carbocycles. The summed E-state index contributed by atoms with van der Waals surface area (Å²) in [7, 11) is 0. The molecule has 0 fully saturated rings. The summed E-state index contributed by atoms with van der Waals surface area (Å²) in [6, 6.07) is -9.70. The van der Waals surface area contributed by atoms with Crippen LogP contribution in [0.25, 0.3) is 0 Å². The van der Waals surface area contributed by atoms with Crippen molar-refractivity contribution >= 4 is 96.4 Å². The molecule has 0 heterocycles. The summed E-state index contributed by atoms with van der Waals surface area (Å²) in [6.07, 6.45) is -4.17. The molecular weight excluding hydrogens is 1020 g/mol. The third-order valence-electron chi connectivity index (χ3n) is 11.1. The number of amides is 8. The lowest BCUT2D eigenvalue weighted by molar-refractivity contribution is -0.144. The number of aromatic hydroxyl groups is 1. The zero-order valence-electron chi connectivity index (χ0n) is 40.8. The smallest absolute Gasteiger partial charge is 0.326 e. The Morgan fingerprint density at radius 1 is 0.541 bits per heavy atom. The van der Waals surface area contributed by atoms with Crippen LogP contribution >= 0.6 is 25.3 Å². The van der Waals surface area contributed by atoms with Gasteiger partial charge in [-0.3, -0.25) is 52.7 Å². The normalized spacial score (nSPS) is 15.5. The molecule has 0 bridgehead atoms. The van der Waals surface area contributed by atoms with E-state index < -0.39 is 169 Å². The van der Waals surface area contributed by atoms with Gasteiger partial charge in [-0.1, -0.05) is 38.8 Å². The van der Waals surface area contributed by atoms with Gasteiger partial charge in [0.2, 0.25) is 47.3 Å². The fourth-order valence-electron chi connectivity index (χ4n) is 6.63. The maximum Gasteiger partial charge on any atom is 0.326 e. The van der Waals surface area contributed by atoms with Gasteiger partial charge in [0.1, 0.15) is 54.1 Å². The number of aliphatic hydroxyl groups is 1. The van der Waals surface area contributed by atoms with Gasteiger partial charge in [0, 0.05) is 24.3 Å². The zero-order valence-corrected chi connectivity index (χ0v) is 42.6. The van der Waals surface area contributed by atoms with Gasteiger partial charge in [-0.05, 0) is 56.3 Å². The molecule has 28 nitrogen and oxygen atoms in total. The van der Waals surface area contributed by atoms with Crippen LogP contribution in [0.5, 0.6) is 5.75 Å². The first kappa shape index (κ1) is 65.3. The van der Waals surface area contributed by atoms with E-state index in [2.05, 4.69) is 62.5 Å². The molecule has 0 radical (unpaired) electrons. The molecule has 414 valence electrons. The highest BCUT2D eigenvalue weighted by Gasteiger charge is 2.38. The van der Waals surface area contributed by atoms with Crippen molar-refractivity contribution in [2.45, 2.75) is 139 Å². The molecule has 0 aromatic heterocycles. The quantitative estimate of drug-likeness (QED) is 0.0225. The summed E-state index contributed by atoms with van der Waals surface area (Å²) in [5, 5.41) is 76.3. The van der Waals surface area contributed by atoms with E-state index in [1.807, 2.05) is 5.32 Å². The number of thiol groups is 2. The van der Waals surface area contributed by atoms with Crippen molar-refractivity contribution in [2.24, 2.45) is 17.4 Å². The minimum atomic E-state index is -2.09. The van der Waals surface area contributed by atoms with Crippen LogP contribution in [0.1, 0.15) is 77.7 Å². The number of nitrogens with two attached hydrogens (primary N) is 2. The zero-order chi connectivity index (χ0) is 56.4. The van der Waals surface area contributed by atoms with Crippen molar-refractivity contribution in [3.8, 4) is 5.75 Å². The van der Waals surface area contributed by atoms with Gasteiger partial charge >= 0.3 is 23.9 Å². The lowest BCUT2D eigenvalue weighted by atomic mass is 9.97. The summed E-state index contributed by atoms with van der Waals surface area (Å²) in [6.45, 7) is 4.52. The summed E-state index contributed by atoms with van der Waals surface area (Å²) in [4.78, 5) is 155. The largest absolute Gasteiger partial charge is 0.508 e. The molecule has 74 heavy (non-hydrogen) atoms. The monoisotopic (exact) mass is 1090 g/mol. The molecule has 0 saturated carbocycles. The minimum Gasteiger partial charge on any atom is -0.508 e. The molecule has 18 N–H and O–H groups in total. The SMILES string of the molecule is CC[C@H](C)[C@H](NC(=O)[C@H](CC(=O)O)NC(=O)[C@H](CS)NC(=O)[C@@H](N)CCCCN)C(=O)N[C@@H](CS)C(=O)N[C@H](C(=O)N[C@@H](CC(=O)O)C(=O)N[C@@H](CCC(=O)O)C(=O)N[C@@H](Cc1ccc(O)cc1)C(=O)O)[C@@H](C)O. The Balaban J connectivity index is 3.30. The first-order valence-electron chi connectivity index (χ1n) is 23.1. The van der Waals surface area contributed by atoms with E-state index in [1.54, 1.807) is 6.92 Å². The van der Waals surface area contributed by atoms with Gasteiger partial charge in [0.25, 0.3) is 0 Å². The van der Waals surface area contributed by atoms with Gasteiger partial charge in [0.05, 0.1) is 25.0 Å². The number of hydrogen-bond donors (Lipinski definition) is 18. The van der Waals surface area contributed by atoms with Gasteiger partial charge in [-0.2, -0.15) is 25.3 Å². The number of carbonyl (C=O) groups excluding carboxylic acids is 8. The number of aliphatic carboxylic acids is 4. The van der Waals surface area contributed by atoms with Crippen LogP contribution in [-0.4, -0.2) is 180 Å². The molecule has 0 saturated heterocycles. The van der Waals surface area contributed by atoms with Crippen molar-refractivity contribution in [2.75, 3.05) is 18.1 Å². The van der Waals surface area contributed by atoms with E-state index in [4.69, 9.17) is 11.5 Å².